The molecule has 0 radical (unpaired) electrons. The lowest BCUT2D eigenvalue weighted by molar-refractivity contribution is -0.139. The van der Waals surface area contributed by atoms with E-state index in [1.54, 1.807) is 51.3 Å². The van der Waals surface area contributed by atoms with Gasteiger partial charge in [0, 0.05) is 11.1 Å². The molecular formula is C32H24Cl2N2O5S. The molecule has 1 aliphatic rings. The van der Waals surface area contributed by atoms with E-state index < -0.39 is 12.0 Å². The van der Waals surface area contributed by atoms with Gasteiger partial charge < -0.3 is 13.9 Å². The topological polar surface area (TPSA) is 83.0 Å². The number of carbonyl (C=O) groups is 1. The Morgan fingerprint density at radius 2 is 1.90 bits per heavy atom. The van der Waals surface area contributed by atoms with Crippen LogP contribution in [0.15, 0.2) is 92.2 Å². The molecule has 6 rings (SSSR count). The van der Waals surface area contributed by atoms with Gasteiger partial charge in [0.25, 0.3) is 5.56 Å². The van der Waals surface area contributed by atoms with Crippen LogP contribution in [-0.4, -0.2) is 24.3 Å². The lowest BCUT2D eigenvalue weighted by Gasteiger charge is -2.22. The van der Waals surface area contributed by atoms with Crippen molar-refractivity contribution in [3.63, 3.8) is 0 Å². The van der Waals surface area contributed by atoms with E-state index in [2.05, 4.69) is 4.99 Å². The van der Waals surface area contributed by atoms with Crippen molar-refractivity contribution in [2.75, 3.05) is 13.7 Å². The van der Waals surface area contributed by atoms with Gasteiger partial charge in [0.15, 0.2) is 4.80 Å². The van der Waals surface area contributed by atoms with Crippen LogP contribution in [0.25, 0.3) is 28.2 Å². The normalized spacial score (nSPS) is 15.1. The number of furan rings is 1. The summed E-state index contributed by atoms with van der Waals surface area (Å²) in [5.41, 5.74) is 1.83. The number of ether oxygens (including phenoxy) is 2. The molecule has 10 heteroatoms. The fraction of sp³-hybridized carbons (Fsp3) is 0.156. The summed E-state index contributed by atoms with van der Waals surface area (Å²) >= 11 is 13.6. The number of thiazole rings is 1. The number of carbonyl (C=O) groups excluding carboxylic acids is 1. The van der Waals surface area contributed by atoms with Crippen LogP contribution in [0, 0.1) is 0 Å². The van der Waals surface area contributed by atoms with Gasteiger partial charge in [-0.1, -0.05) is 64.9 Å². The highest BCUT2D eigenvalue weighted by atomic mass is 35.5. The smallest absolute Gasteiger partial charge is 0.338 e. The highest BCUT2D eigenvalue weighted by molar-refractivity contribution is 7.07. The number of hydrogen-bond acceptors (Lipinski definition) is 7. The third-order valence-electron chi connectivity index (χ3n) is 7.04. The Morgan fingerprint density at radius 1 is 1.10 bits per heavy atom. The summed E-state index contributed by atoms with van der Waals surface area (Å²) in [7, 11) is 1.60. The molecule has 0 spiro atoms. The maximum Gasteiger partial charge on any atom is 0.338 e. The van der Waals surface area contributed by atoms with Gasteiger partial charge in [0.05, 0.1) is 39.6 Å². The van der Waals surface area contributed by atoms with Gasteiger partial charge >= 0.3 is 5.97 Å². The zero-order valence-electron chi connectivity index (χ0n) is 22.8. The van der Waals surface area contributed by atoms with E-state index >= 15 is 0 Å². The number of halogens is 2. The number of nitrogens with zero attached hydrogens (tertiary/aromatic N) is 2. The molecule has 2 aromatic heterocycles. The number of allylic oxidation sites excluding steroid dienone is 1. The Balaban J connectivity index is 1.56. The van der Waals surface area contributed by atoms with Gasteiger partial charge in [-0.2, -0.15) is 0 Å². The van der Waals surface area contributed by atoms with Crippen LogP contribution in [0.4, 0.5) is 0 Å². The highest BCUT2D eigenvalue weighted by Gasteiger charge is 2.35. The largest absolute Gasteiger partial charge is 0.496 e. The number of aromatic nitrogens is 1. The summed E-state index contributed by atoms with van der Waals surface area (Å²) in [6, 6.07) is 19.5. The second kappa shape index (κ2) is 11.3. The Morgan fingerprint density at radius 3 is 2.67 bits per heavy atom. The molecule has 212 valence electrons. The van der Waals surface area contributed by atoms with Gasteiger partial charge in [-0.05, 0) is 67.1 Å². The van der Waals surface area contributed by atoms with Crippen molar-refractivity contribution in [3.8, 4) is 17.1 Å². The molecule has 5 aromatic rings. The quantitative estimate of drug-likeness (QED) is 0.202. The van der Waals surface area contributed by atoms with Crippen LogP contribution in [0.3, 0.4) is 0 Å². The van der Waals surface area contributed by atoms with Crippen LogP contribution in [-0.2, 0) is 9.53 Å². The average molecular weight is 620 g/mol. The Labute approximate surface area is 254 Å². The van der Waals surface area contributed by atoms with Crippen LogP contribution in [0.5, 0.6) is 5.75 Å². The first-order chi connectivity index (χ1) is 20.3. The summed E-state index contributed by atoms with van der Waals surface area (Å²) in [5, 5.41) is 2.76. The molecule has 0 fully saturated rings. The molecule has 0 saturated heterocycles. The molecule has 0 saturated carbocycles. The minimum absolute atomic E-state index is 0.167. The minimum Gasteiger partial charge on any atom is -0.496 e. The van der Waals surface area contributed by atoms with Crippen LogP contribution < -0.4 is 19.6 Å². The van der Waals surface area contributed by atoms with Gasteiger partial charge in [0.1, 0.15) is 23.3 Å². The van der Waals surface area contributed by atoms with Crippen LogP contribution in [0.2, 0.25) is 10.0 Å². The van der Waals surface area contributed by atoms with Crippen molar-refractivity contribution < 1.29 is 18.7 Å². The molecule has 3 heterocycles. The summed E-state index contributed by atoms with van der Waals surface area (Å²) < 4.78 is 19.2. The van der Waals surface area contributed by atoms with Crippen LogP contribution >= 0.6 is 34.5 Å². The van der Waals surface area contributed by atoms with Gasteiger partial charge in [-0.15, -0.1) is 0 Å². The van der Waals surface area contributed by atoms with E-state index in [9.17, 15) is 9.59 Å². The summed E-state index contributed by atoms with van der Waals surface area (Å²) in [5.74, 6) is 0.950. The van der Waals surface area contributed by atoms with Gasteiger partial charge in [-0.25, -0.2) is 9.79 Å². The molecule has 0 amide bonds. The standard InChI is InChI=1S/C32H24Cl2N2O5S/c1-4-40-31(38)28-17(2)35-32-36(29(28)26-14-13-24(41-26)19-9-11-22(33)23(34)15-19)30(37)27(42-32)16-21-20-8-6-5-7-18(20)10-12-25(21)39-3/h5-16,29H,4H2,1-3H3/b27-16-/t29-/m1/s1. The first-order valence-corrected chi connectivity index (χ1v) is 14.7. The highest BCUT2D eigenvalue weighted by Crippen LogP contribution is 2.36. The first kappa shape index (κ1) is 28.0. The zero-order chi connectivity index (χ0) is 29.5. The molecule has 7 nitrogen and oxygen atoms in total. The van der Waals surface area contributed by atoms with E-state index in [0.29, 0.717) is 47.9 Å². The fourth-order valence-electron chi connectivity index (χ4n) is 5.10. The van der Waals surface area contributed by atoms with E-state index in [1.165, 1.54) is 15.9 Å². The van der Waals surface area contributed by atoms with E-state index in [0.717, 1.165) is 16.3 Å². The Hall–Kier alpha value is -4.11. The van der Waals surface area contributed by atoms with Crippen molar-refractivity contribution in [2.24, 2.45) is 4.99 Å². The number of hydrogen-bond donors (Lipinski definition) is 0. The van der Waals surface area contributed by atoms with Crippen molar-refractivity contribution in [3.05, 3.63) is 119 Å². The number of esters is 1. The SMILES string of the molecule is CCOC(=O)C1=C(C)N=c2s/c(=C\c3c(OC)ccc4ccccc34)c(=O)n2[C@@H]1c1ccc(-c2ccc(Cl)c(Cl)c2)o1. The predicted molar refractivity (Wildman–Crippen MR) is 165 cm³/mol. The molecule has 1 atom stereocenters. The molecule has 3 aromatic carbocycles. The average Bonchev–Trinajstić information content (AvgIpc) is 3.59. The minimum atomic E-state index is -0.895. The third kappa shape index (κ3) is 4.85. The van der Waals surface area contributed by atoms with Gasteiger partial charge in [-0.3, -0.25) is 9.36 Å². The fourth-order valence-corrected chi connectivity index (χ4v) is 6.43. The molecule has 0 unspecified atom stereocenters. The zero-order valence-corrected chi connectivity index (χ0v) is 25.1. The maximum atomic E-state index is 14.1. The molecule has 1 aliphatic heterocycles. The summed E-state index contributed by atoms with van der Waals surface area (Å²) in [6.07, 6.45) is 1.81. The number of methoxy groups -OCH3 is 1. The van der Waals surface area contributed by atoms with Crippen molar-refractivity contribution in [1.82, 2.24) is 4.57 Å². The second-order valence-corrected chi connectivity index (χ2v) is 11.4. The predicted octanol–water partition coefficient (Wildman–Crippen LogP) is 6.53. The van der Waals surface area contributed by atoms with Crippen LogP contribution in [0.1, 0.15) is 31.2 Å². The molecule has 42 heavy (non-hydrogen) atoms. The van der Waals surface area contributed by atoms with E-state index in [4.69, 9.17) is 37.1 Å². The van der Waals surface area contributed by atoms with Crippen molar-refractivity contribution in [2.45, 2.75) is 19.9 Å². The summed E-state index contributed by atoms with van der Waals surface area (Å²) in [6.45, 7) is 3.62. The molecule has 0 aliphatic carbocycles. The Kier molecular flexibility index (Phi) is 7.53. The number of fused-ring (bicyclic) bond motifs is 2. The van der Waals surface area contributed by atoms with E-state index in [-0.39, 0.29) is 17.7 Å². The number of benzene rings is 3. The monoisotopic (exact) mass is 618 g/mol. The lowest BCUT2D eigenvalue weighted by Crippen LogP contribution is -2.39. The van der Waals surface area contributed by atoms with Crippen molar-refractivity contribution >= 4 is 57.4 Å². The second-order valence-electron chi connectivity index (χ2n) is 9.54. The number of rotatable bonds is 6. The lowest BCUT2D eigenvalue weighted by atomic mass is 10.0. The molecular weight excluding hydrogens is 595 g/mol. The molecule has 0 N–H and O–H groups in total. The maximum absolute atomic E-state index is 14.1. The first-order valence-electron chi connectivity index (χ1n) is 13.1. The Bertz CT molecular complexity index is 2090. The van der Waals surface area contributed by atoms with E-state index in [1.807, 2.05) is 42.5 Å². The summed E-state index contributed by atoms with van der Waals surface area (Å²) in [4.78, 5) is 32.5. The van der Waals surface area contributed by atoms with Crippen molar-refractivity contribution in [1.29, 1.82) is 0 Å². The third-order valence-corrected chi connectivity index (χ3v) is 8.77. The van der Waals surface area contributed by atoms with Gasteiger partial charge in [0.2, 0.25) is 0 Å². The molecule has 0 bridgehead atoms.